The summed E-state index contributed by atoms with van der Waals surface area (Å²) < 4.78 is 11.7. The SMILES string of the molecule is O=C(O)c1cc(I)ccc1Oc1nccc2occc12. The number of carboxylic acids is 1. The second-order valence-corrected chi connectivity index (χ2v) is 5.24. The number of carboxylic acid groups (broad SMARTS) is 1. The van der Waals surface area contributed by atoms with E-state index in [1.807, 2.05) is 0 Å². The third-order valence-corrected chi connectivity index (χ3v) is 3.39. The molecule has 0 fully saturated rings. The molecule has 0 unspecified atom stereocenters. The summed E-state index contributed by atoms with van der Waals surface area (Å²) in [5.41, 5.74) is 0.733. The van der Waals surface area contributed by atoms with Crippen molar-refractivity contribution >= 4 is 39.5 Å². The Balaban J connectivity index is 2.07. The maximum Gasteiger partial charge on any atom is 0.339 e. The van der Waals surface area contributed by atoms with Crippen molar-refractivity contribution in [1.29, 1.82) is 0 Å². The van der Waals surface area contributed by atoms with Crippen LogP contribution in [0.2, 0.25) is 0 Å². The van der Waals surface area contributed by atoms with Crippen molar-refractivity contribution in [3.8, 4) is 11.6 Å². The van der Waals surface area contributed by atoms with Gasteiger partial charge in [-0.3, -0.25) is 0 Å². The summed E-state index contributed by atoms with van der Waals surface area (Å²) in [7, 11) is 0. The third-order valence-electron chi connectivity index (χ3n) is 2.72. The number of rotatable bonds is 3. The van der Waals surface area contributed by atoms with Crippen LogP contribution in [0, 0.1) is 3.57 Å². The van der Waals surface area contributed by atoms with Crippen molar-refractivity contribution < 1.29 is 19.1 Å². The van der Waals surface area contributed by atoms with Gasteiger partial charge in [0.15, 0.2) is 0 Å². The summed E-state index contributed by atoms with van der Waals surface area (Å²) in [6, 6.07) is 8.39. The zero-order valence-corrected chi connectivity index (χ0v) is 12.2. The summed E-state index contributed by atoms with van der Waals surface area (Å²) >= 11 is 2.05. The van der Waals surface area contributed by atoms with Crippen LogP contribution >= 0.6 is 22.6 Å². The molecule has 0 saturated carbocycles. The molecule has 0 atom stereocenters. The van der Waals surface area contributed by atoms with Crippen molar-refractivity contribution in [1.82, 2.24) is 4.98 Å². The monoisotopic (exact) mass is 381 g/mol. The minimum Gasteiger partial charge on any atom is -0.478 e. The van der Waals surface area contributed by atoms with Crippen LogP contribution in [0.1, 0.15) is 10.4 Å². The van der Waals surface area contributed by atoms with Gasteiger partial charge in [0.25, 0.3) is 0 Å². The second-order valence-electron chi connectivity index (χ2n) is 4.00. The first-order chi connectivity index (χ1) is 9.65. The molecule has 1 N–H and O–H groups in total. The molecule has 0 aliphatic rings. The maximum atomic E-state index is 11.3. The van der Waals surface area contributed by atoms with Crippen LogP contribution < -0.4 is 4.74 Å². The fraction of sp³-hybridized carbons (Fsp3) is 0. The van der Waals surface area contributed by atoms with Crippen LogP contribution in [-0.2, 0) is 0 Å². The molecule has 1 aromatic carbocycles. The molecule has 0 amide bonds. The topological polar surface area (TPSA) is 72.6 Å². The lowest BCUT2D eigenvalue weighted by molar-refractivity contribution is 0.0694. The van der Waals surface area contributed by atoms with Gasteiger partial charge in [0.05, 0.1) is 11.6 Å². The van der Waals surface area contributed by atoms with Crippen molar-refractivity contribution in [2.75, 3.05) is 0 Å². The highest BCUT2D eigenvalue weighted by Crippen LogP contribution is 2.31. The minimum atomic E-state index is -1.04. The van der Waals surface area contributed by atoms with Crippen molar-refractivity contribution in [2.24, 2.45) is 0 Å². The Hall–Kier alpha value is -2.09. The Kier molecular flexibility index (Phi) is 3.31. The third kappa shape index (κ3) is 2.34. The number of ether oxygens (including phenoxy) is 1. The van der Waals surface area contributed by atoms with Gasteiger partial charge in [0.2, 0.25) is 5.88 Å². The highest BCUT2D eigenvalue weighted by Gasteiger charge is 2.15. The number of furan rings is 1. The van der Waals surface area contributed by atoms with Gasteiger partial charge < -0.3 is 14.3 Å². The van der Waals surface area contributed by atoms with Crippen molar-refractivity contribution in [3.63, 3.8) is 0 Å². The molecule has 3 aromatic rings. The molecule has 2 heterocycles. The highest BCUT2D eigenvalue weighted by atomic mass is 127. The lowest BCUT2D eigenvalue weighted by atomic mass is 10.2. The molecule has 3 rings (SSSR count). The van der Waals surface area contributed by atoms with Crippen molar-refractivity contribution in [3.05, 3.63) is 51.9 Å². The van der Waals surface area contributed by atoms with E-state index in [-0.39, 0.29) is 11.3 Å². The van der Waals surface area contributed by atoms with E-state index in [0.29, 0.717) is 16.8 Å². The number of halogens is 1. The first-order valence-corrected chi connectivity index (χ1v) is 6.76. The van der Waals surface area contributed by atoms with Gasteiger partial charge in [-0.05, 0) is 52.9 Å². The van der Waals surface area contributed by atoms with Crippen LogP contribution in [0.5, 0.6) is 11.6 Å². The number of hydrogen-bond donors (Lipinski definition) is 1. The van der Waals surface area contributed by atoms with Gasteiger partial charge in [-0.2, -0.15) is 0 Å². The average molecular weight is 381 g/mol. The van der Waals surface area contributed by atoms with Crippen LogP contribution in [0.4, 0.5) is 0 Å². The lowest BCUT2D eigenvalue weighted by Gasteiger charge is -2.08. The summed E-state index contributed by atoms with van der Waals surface area (Å²) in [6.45, 7) is 0. The van der Waals surface area contributed by atoms with E-state index in [0.717, 1.165) is 3.57 Å². The van der Waals surface area contributed by atoms with E-state index in [1.165, 1.54) is 6.26 Å². The molecule has 20 heavy (non-hydrogen) atoms. The van der Waals surface area contributed by atoms with Gasteiger partial charge in [0.1, 0.15) is 16.9 Å². The van der Waals surface area contributed by atoms with Crippen LogP contribution in [0.25, 0.3) is 11.0 Å². The molecule has 2 aromatic heterocycles. The number of fused-ring (bicyclic) bond motifs is 1. The van der Waals surface area contributed by atoms with E-state index in [1.54, 1.807) is 36.5 Å². The summed E-state index contributed by atoms with van der Waals surface area (Å²) in [5, 5.41) is 9.92. The van der Waals surface area contributed by atoms with E-state index in [4.69, 9.17) is 9.15 Å². The lowest BCUT2D eigenvalue weighted by Crippen LogP contribution is -2.01. The number of aromatic nitrogens is 1. The van der Waals surface area contributed by atoms with Crippen LogP contribution in [-0.4, -0.2) is 16.1 Å². The number of benzene rings is 1. The van der Waals surface area contributed by atoms with E-state index in [2.05, 4.69) is 27.6 Å². The normalized spacial score (nSPS) is 10.7. The first kappa shape index (κ1) is 12.9. The Labute approximate surface area is 127 Å². The second kappa shape index (κ2) is 5.12. The number of nitrogens with zero attached hydrogens (tertiary/aromatic N) is 1. The fourth-order valence-electron chi connectivity index (χ4n) is 1.81. The quantitative estimate of drug-likeness (QED) is 0.697. The molecule has 6 heteroatoms. The molecule has 0 radical (unpaired) electrons. The molecule has 0 spiro atoms. The predicted octanol–water partition coefficient (Wildman–Crippen LogP) is 3.92. The molecule has 0 aliphatic heterocycles. The minimum absolute atomic E-state index is 0.0965. The smallest absolute Gasteiger partial charge is 0.339 e. The van der Waals surface area contributed by atoms with Gasteiger partial charge in [0, 0.05) is 9.77 Å². The number of hydrogen-bond acceptors (Lipinski definition) is 4. The standard InChI is InChI=1S/C14H8INO4/c15-8-1-2-12(10(7-8)14(17)18)20-13-9-4-6-19-11(9)3-5-16-13/h1-7H,(H,17,18). The molecule has 0 aliphatic carbocycles. The Morgan fingerprint density at radius 3 is 2.95 bits per heavy atom. The zero-order chi connectivity index (χ0) is 14.1. The predicted molar refractivity (Wildman–Crippen MR) is 80.2 cm³/mol. The summed E-state index contributed by atoms with van der Waals surface area (Å²) in [5.74, 6) is -0.475. The molecule has 5 nitrogen and oxygen atoms in total. The van der Waals surface area contributed by atoms with Gasteiger partial charge >= 0.3 is 5.97 Å². The zero-order valence-electron chi connectivity index (χ0n) is 10.0. The van der Waals surface area contributed by atoms with Crippen molar-refractivity contribution in [2.45, 2.75) is 0 Å². The Morgan fingerprint density at radius 1 is 1.30 bits per heavy atom. The van der Waals surface area contributed by atoms with E-state index in [9.17, 15) is 9.90 Å². The summed E-state index contributed by atoms with van der Waals surface area (Å²) in [6.07, 6.45) is 3.08. The molecular formula is C14H8INO4. The first-order valence-electron chi connectivity index (χ1n) is 5.68. The van der Waals surface area contributed by atoms with E-state index < -0.39 is 5.97 Å². The molecule has 0 bridgehead atoms. The Bertz CT molecular complexity index is 797. The maximum absolute atomic E-state index is 11.3. The fourth-order valence-corrected chi connectivity index (χ4v) is 2.30. The van der Waals surface area contributed by atoms with Crippen LogP contribution in [0.15, 0.2) is 47.2 Å². The van der Waals surface area contributed by atoms with Crippen LogP contribution in [0.3, 0.4) is 0 Å². The summed E-state index contributed by atoms with van der Waals surface area (Å²) in [4.78, 5) is 15.4. The largest absolute Gasteiger partial charge is 0.478 e. The molecular weight excluding hydrogens is 373 g/mol. The number of carbonyl (C=O) groups is 1. The van der Waals surface area contributed by atoms with Gasteiger partial charge in [-0.15, -0.1) is 0 Å². The Morgan fingerprint density at radius 2 is 2.15 bits per heavy atom. The van der Waals surface area contributed by atoms with E-state index >= 15 is 0 Å². The van der Waals surface area contributed by atoms with Gasteiger partial charge in [-0.1, -0.05) is 0 Å². The van der Waals surface area contributed by atoms with Gasteiger partial charge in [-0.25, -0.2) is 9.78 Å². The number of aromatic carboxylic acids is 1. The molecule has 100 valence electrons. The number of pyridine rings is 1. The molecule has 0 saturated heterocycles. The highest BCUT2D eigenvalue weighted by molar-refractivity contribution is 14.1. The average Bonchev–Trinajstić information content (AvgIpc) is 2.90.